The number of aryl methyl sites for hydroxylation is 1. The largest absolute Gasteiger partial charge is 0.337 e. The second kappa shape index (κ2) is 6.40. The summed E-state index contributed by atoms with van der Waals surface area (Å²) in [5.74, 6) is -0.266. The number of rotatable bonds is 3. The molecule has 3 aromatic rings. The Kier molecular flexibility index (Phi) is 4.06. The first-order valence-corrected chi connectivity index (χ1v) is 8.73. The van der Waals surface area contributed by atoms with Crippen molar-refractivity contribution in [1.82, 2.24) is 19.8 Å². The lowest BCUT2D eigenvalue weighted by Crippen LogP contribution is -2.35. The topological polar surface area (TPSA) is 81.2 Å². The van der Waals surface area contributed by atoms with E-state index in [4.69, 9.17) is 4.63 Å². The zero-order valence-corrected chi connectivity index (χ0v) is 14.9. The molecule has 0 fully saturated rings. The second-order valence-corrected chi connectivity index (χ2v) is 6.85. The van der Waals surface area contributed by atoms with Crippen LogP contribution in [0, 0.1) is 0 Å². The average molecular weight is 352 g/mol. The van der Waals surface area contributed by atoms with Gasteiger partial charge in [0.25, 0.3) is 11.5 Å². The van der Waals surface area contributed by atoms with Gasteiger partial charge in [-0.05, 0) is 65.3 Å². The van der Waals surface area contributed by atoms with Crippen LogP contribution >= 0.6 is 0 Å². The van der Waals surface area contributed by atoms with Gasteiger partial charge in [-0.2, -0.15) is 0 Å². The molecule has 2 aromatic heterocycles. The number of aromatic nitrogens is 3. The maximum atomic E-state index is 12.9. The molecule has 2 heterocycles. The Morgan fingerprint density at radius 2 is 1.96 bits per heavy atom. The van der Waals surface area contributed by atoms with Crippen molar-refractivity contribution in [3.63, 3.8) is 0 Å². The first kappa shape index (κ1) is 16.5. The van der Waals surface area contributed by atoms with E-state index < -0.39 is 0 Å². The summed E-state index contributed by atoms with van der Waals surface area (Å²) >= 11 is 0. The van der Waals surface area contributed by atoms with Crippen molar-refractivity contribution in [2.24, 2.45) is 7.05 Å². The van der Waals surface area contributed by atoms with Crippen molar-refractivity contribution in [2.75, 3.05) is 7.05 Å². The monoisotopic (exact) mass is 352 g/mol. The highest BCUT2D eigenvalue weighted by Crippen LogP contribution is 2.21. The van der Waals surface area contributed by atoms with E-state index in [2.05, 4.69) is 10.3 Å². The van der Waals surface area contributed by atoms with Gasteiger partial charge in [-0.25, -0.2) is 4.63 Å². The molecule has 0 atom stereocenters. The molecule has 0 saturated heterocycles. The lowest BCUT2D eigenvalue weighted by atomic mass is 9.94. The molecule has 0 N–H and O–H groups in total. The standard InChI is InChI=1S/C19H20N4O3/c1-22(11-12-7-8-15-16(9-12)21-26-20-15)18(24)14-10-13-5-3-4-6-17(13)23(2)19(14)25/h7-10H,3-6,11H2,1-2H3. The van der Waals surface area contributed by atoms with Crippen LogP contribution in [0.25, 0.3) is 11.0 Å². The van der Waals surface area contributed by atoms with Crippen LogP contribution in [0.1, 0.15) is 40.0 Å². The predicted molar refractivity (Wildman–Crippen MR) is 95.9 cm³/mol. The summed E-state index contributed by atoms with van der Waals surface area (Å²) in [5, 5.41) is 7.59. The number of hydrogen-bond acceptors (Lipinski definition) is 5. The van der Waals surface area contributed by atoms with Crippen molar-refractivity contribution >= 4 is 16.9 Å². The van der Waals surface area contributed by atoms with Gasteiger partial charge in [-0.15, -0.1) is 0 Å². The highest BCUT2D eigenvalue weighted by Gasteiger charge is 2.22. The minimum atomic E-state index is -0.266. The molecule has 0 spiro atoms. The minimum absolute atomic E-state index is 0.223. The Morgan fingerprint density at radius 3 is 2.81 bits per heavy atom. The molecule has 7 nitrogen and oxygen atoms in total. The third-order valence-electron chi connectivity index (χ3n) is 5.05. The van der Waals surface area contributed by atoms with Gasteiger partial charge in [0.15, 0.2) is 0 Å². The van der Waals surface area contributed by atoms with E-state index in [0.717, 1.165) is 42.5 Å². The summed E-state index contributed by atoms with van der Waals surface area (Å²) in [6, 6.07) is 7.31. The Hall–Kier alpha value is -2.96. The molecule has 4 rings (SSSR count). The van der Waals surface area contributed by atoms with Gasteiger partial charge in [0.05, 0.1) is 0 Å². The Labute approximate surface area is 150 Å². The van der Waals surface area contributed by atoms with Crippen LogP contribution in [0.15, 0.2) is 33.7 Å². The van der Waals surface area contributed by atoms with Crippen LogP contribution in [0.4, 0.5) is 0 Å². The molecule has 1 amide bonds. The van der Waals surface area contributed by atoms with Crippen LogP contribution in [0.5, 0.6) is 0 Å². The smallest absolute Gasteiger partial charge is 0.263 e. The van der Waals surface area contributed by atoms with Gasteiger partial charge >= 0.3 is 0 Å². The highest BCUT2D eigenvalue weighted by atomic mass is 16.6. The maximum Gasteiger partial charge on any atom is 0.263 e. The van der Waals surface area contributed by atoms with E-state index in [1.54, 1.807) is 35.7 Å². The van der Waals surface area contributed by atoms with Crippen LogP contribution in [0.3, 0.4) is 0 Å². The first-order valence-electron chi connectivity index (χ1n) is 8.73. The Bertz CT molecular complexity index is 1050. The number of carbonyl (C=O) groups is 1. The molecule has 0 saturated carbocycles. The fraction of sp³-hybridized carbons (Fsp3) is 0.368. The van der Waals surface area contributed by atoms with E-state index in [1.165, 1.54) is 0 Å². The third-order valence-corrected chi connectivity index (χ3v) is 5.05. The summed E-state index contributed by atoms with van der Waals surface area (Å²) in [4.78, 5) is 27.1. The number of benzene rings is 1. The van der Waals surface area contributed by atoms with Crippen molar-refractivity contribution in [2.45, 2.75) is 32.2 Å². The molecule has 26 heavy (non-hydrogen) atoms. The van der Waals surface area contributed by atoms with Crippen molar-refractivity contribution in [3.05, 3.63) is 57.0 Å². The molecular formula is C19H20N4O3. The fourth-order valence-electron chi connectivity index (χ4n) is 3.62. The van der Waals surface area contributed by atoms with E-state index in [1.807, 2.05) is 12.1 Å². The van der Waals surface area contributed by atoms with Gasteiger partial charge < -0.3 is 9.47 Å². The molecule has 7 heteroatoms. The van der Waals surface area contributed by atoms with Gasteiger partial charge in [0.1, 0.15) is 16.6 Å². The molecule has 134 valence electrons. The fourth-order valence-corrected chi connectivity index (χ4v) is 3.62. The highest BCUT2D eigenvalue weighted by molar-refractivity contribution is 5.94. The van der Waals surface area contributed by atoms with Crippen LogP contribution in [-0.2, 0) is 26.4 Å². The van der Waals surface area contributed by atoms with Gasteiger partial charge in [-0.3, -0.25) is 9.59 Å². The van der Waals surface area contributed by atoms with Gasteiger partial charge in [0, 0.05) is 26.3 Å². The number of hydrogen-bond donors (Lipinski definition) is 0. The lowest BCUT2D eigenvalue weighted by Gasteiger charge is -2.22. The number of fused-ring (bicyclic) bond motifs is 2. The summed E-state index contributed by atoms with van der Waals surface area (Å²) in [5.41, 5.74) is 4.41. The van der Waals surface area contributed by atoms with E-state index in [-0.39, 0.29) is 17.0 Å². The number of nitrogens with zero attached hydrogens (tertiary/aromatic N) is 4. The van der Waals surface area contributed by atoms with Gasteiger partial charge in [0.2, 0.25) is 0 Å². The molecular weight excluding hydrogens is 332 g/mol. The summed E-state index contributed by atoms with van der Waals surface area (Å²) in [6.45, 7) is 0.377. The molecule has 1 aliphatic rings. The van der Waals surface area contributed by atoms with Crippen molar-refractivity contribution < 1.29 is 9.42 Å². The van der Waals surface area contributed by atoms with Crippen LogP contribution in [-0.4, -0.2) is 32.7 Å². The molecule has 0 radical (unpaired) electrons. The predicted octanol–water partition coefficient (Wildman–Crippen LogP) is 2.07. The summed E-state index contributed by atoms with van der Waals surface area (Å²) in [6.07, 6.45) is 4.01. The molecule has 1 aromatic carbocycles. The van der Waals surface area contributed by atoms with Crippen LogP contribution in [0.2, 0.25) is 0 Å². The van der Waals surface area contributed by atoms with E-state index >= 15 is 0 Å². The van der Waals surface area contributed by atoms with Crippen molar-refractivity contribution in [3.8, 4) is 0 Å². The molecule has 0 aliphatic heterocycles. The van der Waals surface area contributed by atoms with E-state index in [0.29, 0.717) is 17.6 Å². The minimum Gasteiger partial charge on any atom is -0.337 e. The summed E-state index contributed by atoms with van der Waals surface area (Å²) < 4.78 is 6.34. The SMILES string of the molecule is CN(Cc1ccc2nonc2c1)C(=O)c1cc2c(n(C)c1=O)CCCC2. The number of amides is 1. The molecule has 1 aliphatic carbocycles. The Morgan fingerprint density at radius 1 is 1.19 bits per heavy atom. The first-order chi connectivity index (χ1) is 12.5. The summed E-state index contributed by atoms with van der Waals surface area (Å²) in [7, 11) is 3.46. The Balaban J connectivity index is 1.62. The third kappa shape index (κ3) is 2.79. The van der Waals surface area contributed by atoms with E-state index in [9.17, 15) is 9.59 Å². The van der Waals surface area contributed by atoms with Gasteiger partial charge in [-0.1, -0.05) is 6.07 Å². The average Bonchev–Trinajstić information content (AvgIpc) is 3.12. The zero-order chi connectivity index (χ0) is 18.3. The molecule has 0 bridgehead atoms. The molecule has 0 unspecified atom stereocenters. The normalized spacial score (nSPS) is 13.6. The van der Waals surface area contributed by atoms with Crippen molar-refractivity contribution in [1.29, 1.82) is 0 Å². The quantitative estimate of drug-likeness (QED) is 0.721. The maximum absolute atomic E-state index is 12.9. The number of pyridine rings is 1. The zero-order valence-electron chi connectivity index (χ0n) is 14.9. The lowest BCUT2D eigenvalue weighted by molar-refractivity contribution is 0.0782. The number of carbonyl (C=O) groups excluding carboxylic acids is 1. The second-order valence-electron chi connectivity index (χ2n) is 6.85. The van der Waals surface area contributed by atoms with Crippen LogP contribution < -0.4 is 5.56 Å².